The fraction of sp³-hybridized carbons (Fsp3) is 0.800. The molecule has 0 fully saturated rings. The maximum absolute atomic E-state index is 11.9. The largest absolute Gasteiger partial charge is 0.516 e. The van der Waals surface area contributed by atoms with Crippen LogP contribution in [0.15, 0.2) is 0 Å². The summed E-state index contributed by atoms with van der Waals surface area (Å²) in [5.74, 6) is -0.613. The van der Waals surface area contributed by atoms with Crippen molar-refractivity contribution in [1.82, 2.24) is 0 Å². The number of likely N-dealkylation sites (N-methyl/N-ethyl adjacent to an activating group) is 1. The Kier molecular flexibility index (Phi) is 4.45. The normalized spacial score (nSPS) is 14.4. The zero-order valence-corrected chi connectivity index (χ0v) is 10.6. The number of primary amides is 1. The van der Waals surface area contributed by atoms with Gasteiger partial charge < -0.3 is 16.2 Å². The average Bonchev–Trinajstić information content (AvgIpc) is 2.00. The van der Waals surface area contributed by atoms with Crippen molar-refractivity contribution in [2.75, 3.05) is 20.6 Å². The first-order chi connectivity index (χ1) is 7.02. The van der Waals surface area contributed by atoms with Crippen LogP contribution in [0.1, 0.15) is 20.8 Å². The van der Waals surface area contributed by atoms with Gasteiger partial charge in [-0.05, 0) is 20.8 Å². The molecule has 0 aromatic rings. The SMILES string of the molecule is CC(C)(C)OC(=O)[N+](C)(C)[C@@H](CN)C(N)=O. The molecule has 0 aromatic carbocycles. The van der Waals surface area contributed by atoms with E-state index >= 15 is 0 Å². The number of ether oxygens (including phenoxy) is 1. The smallest absolute Gasteiger partial charge is 0.414 e. The predicted molar refractivity (Wildman–Crippen MR) is 60.4 cm³/mol. The summed E-state index contributed by atoms with van der Waals surface area (Å²) in [7, 11) is 3.10. The lowest BCUT2D eigenvalue weighted by molar-refractivity contribution is -0.833. The highest BCUT2D eigenvalue weighted by Gasteiger charge is 2.42. The van der Waals surface area contributed by atoms with Crippen LogP contribution < -0.4 is 11.5 Å². The summed E-state index contributed by atoms with van der Waals surface area (Å²) >= 11 is 0. The number of hydrogen-bond acceptors (Lipinski definition) is 4. The standard InChI is InChI=1S/C10H21N3O3/c1-10(2,3)16-9(15)13(4,5)7(6-11)8(12)14/h7H,6,11H2,1-5H3,(H-,12,14)/p+1/t7-/m0/s1. The topological polar surface area (TPSA) is 95.4 Å². The third-order valence-corrected chi connectivity index (χ3v) is 2.19. The molecule has 6 heteroatoms. The van der Waals surface area contributed by atoms with Gasteiger partial charge in [-0.1, -0.05) is 0 Å². The number of rotatable bonds is 3. The molecule has 0 spiro atoms. The van der Waals surface area contributed by atoms with Crippen LogP contribution in [-0.2, 0) is 9.53 Å². The number of carbonyl (C=O) groups is 2. The molecular formula is C10H22N3O3+. The van der Waals surface area contributed by atoms with Gasteiger partial charge in [0.1, 0.15) is 5.60 Å². The molecule has 4 N–H and O–H groups in total. The summed E-state index contributed by atoms with van der Waals surface area (Å²) in [4.78, 5) is 23.0. The van der Waals surface area contributed by atoms with Crippen molar-refractivity contribution in [2.24, 2.45) is 11.5 Å². The van der Waals surface area contributed by atoms with E-state index in [9.17, 15) is 9.59 Å². The fourth-order valence-corrected chi connectivity index (χ4v) is 1.20. The van der Waals surface area contributed by atoms with E-state index in [1.54, 1.807) is 34.9 Å². The van der Waals surface area contributed by atoms with E-state index in [2.05, 4.69) is 0 Å². The summed E-state index contributed by atoms with van der Waals surface area (Å²) in [6.07, 6.45) is -0.526. The van der Waals surface area contributed by atoms with Crippen molar-refractivity contribution in [3.8, 4) is 0 Å². The summed E-state index contributed by atoms with van der Waals surface area (Å²) in [6, 6.07) is -0.783. The summed E-state index contributed by atoms with van der Waals surface area (Å²) in [6.45, 7) is 5.27. The molecule has 0 bridgehead atoms. The molecule has 6 nitrogen and oxygen atoms in total. The highest BCUT2D eigenvalue weighted by atomic mass is 16.6. The Hall–Kier alpha value is -1.14. The van der Waals surface area contributed by atoms with Crippen LogP contribution in [0.3, 0.4) is 0 Å². The Labute approximate surface area is 96.1 Å². The van der Waals surface area contributed by atoms with Gasteiger partial charge in [-0.2, -0.15) is 4.79 Å². The van der Waals surface area contributed by atoms with Crippen LogP contribution in [0.5, 0.6) is 0 Å². The van der Waals surface area contributed by atoms with Gasteiger partial charge in [0.15, 0.2) is 6.04 Å². The monoisotopic (exact) mass is 232 g/mol. The Bertz CT molecular complexity index is 282. The van der Waals surface area contributed by atoms with Crippen LogP contribution in [0.25, 0.3) is 0 Å². The molecule has 16 heavy (non-hydrogen) atoms. The first-order valence-electron chi connectivity index (χ1n) is 5.09. The molecule has 0 aliphatic rings. The number of quaternary nitrogens is 1. The number of carbonyl (C=O) groups excluding carboxylic acids is 2. The van der Waals surface area contributed by atoms with E-state index in [0.29, 0.717) is 0 Å². The van der Waals surface area contributed by atoms with Crippen LogP contribution in [0.4, 0.5) is 4.79 Å². The maximum atomic E-state index is 11.9. The molecular weight excluding hydrogens is 210 g/mol. The summed E-state index contributed by atoms with van der Waals surface area (Å²) in [5, 5.41) is 0. The van der Waals surface area contributed by atoms with Crippen molar-refractivity contribution >= 4 is 12.0 Å². The zero-order valence-electron chi connectivity index (χ0n) is 10.6. The van der Waals surface area contributed by atoms with E-state index in [4.69, 9.17) is 16.2 Å². The van der Waals surface area contributed by atoms with Gasteiger partial charge in [-0.3, -0.25) is 4.79 Å². The van der Waals surface area contributed by atoms with Gasteiger partial charge in [-0.25, -0.2) is 4.48 Å². The van der Waals surface area contributed by atoms with Gasteiger partial charge in [0.25, 0.3) is 5.91 Å². The second-order valence-corrected chi connectivity index (χ2v) is 5.17. The molecule has 0 radical (unpaired) electrons. The highest BCUT2D eigenvalue weighted by molar-refractivity contribution is 5.81. The van der Waals surface area contributed by atoms with Crippen molar-refractivity contribution in [2.45, 2.75) is 32.4 Å². The molecule has 94 valence electrons. The molecule has 0 aromatic heterocycles. The average molecular weight is 232 g/mol. The van der Waals surface area contributed by atoms with Crippen molar-refractivity contribution in [1.29, 1.82) is 0 Å². The molecule has 0 aliphatic carbocycles. The first-order valence-corrected chi connectivity index (χ1v) is 5.09. The molecule has 0 rings (SSSR count). The number of amides is 2. The zero-order chi connectivity index (χ0) is 13.1. The minimum atomic E-state index is -0.783. The third-order valence-electron chi connectivity index (χ3n) is 2.19. The van der Waals surface area contributed by atoms with Crippen molar-refractivity contribution < 1.29 is 18.8 Å². The Morgan fingerprint density at radius 2 is 1.75 bits per heavy atom. The van der Waals surface area contributed by atoms with Crippen LogP contribution >= 0.6 is 0 Å². The van der Waals surface area contributed by atoms with Gasteiger partial charge in [0.05, 0.1) is 20.6 Å². The molecule has 0 heterocycles. The predicted octanol–water partition coefficient (Wildman–Crippen LogP) is -0.189. The van der Waals surface area contributed by atoms with Crippen LogP contribution in [0, 0.1) is 0 Å². The van der Waals surface area contributed by atoms with E-state index in [0.717, 1.165) is 0 Å². The number of hydrogen-bond donors (Lipinski definition) is 2. The molecule has 0 saturated heterocycles. The molecule has 0 aliphatic heterocycles. The quantitative estimate of drug-likeness (QED) is 0.659. The van der Waals surface area contributed by atoms with Crippen molar-refractivity contribution in [3.63, 3.8) is 0 Å². The lowest BCUT2D eigenvalue weighted by Gasteiger charge is -2.33. The Morgan fingerprint density at radius 3 is 2.00 bits per heavy atom. The van der Waals surface area contributed by atoms with E-state index in [1.165, 1.54) is 0 Å². The third kappa shape index (κ3) is 3.79. The minimum Gasteiger partial charge on any atom is -0.414 e. The second-order valence-electron chi connectivity index (χ2n) is 5.17. The summed E-state index contributed by atoms with van der Waals surface area (Å²) < 4.78 is 4.90. The molecule has 0 unspecified atom stereocenters. The van der Waals surface area contributed by atoms with Crippen LogP contribution in [0.2, 0.25) is 0 Å². The van der Waals surface area contributed by atoms with Gasteiger partial charge in [-0.15, -0.1) is 0 Å². The highest BCUT2D eigenvalue weighted by Crippen LogP contribution is 2.15. The Balaban J connectivity index is 4.89. The van der Waals surface area contributed by atoms with Crippen LogP contribution in [-0.4, -0.2) is 48.8 Å². The molecule has 1 atom stereocenters. The summed E-state index contributed by atoms with van der Waals surface area (Å²) in [5.41, 5.74) is 10.0. The van der Waals surface area contributed by atoms with Gasteiger partial charge >= 0.3 is 6.09 Å². The minimum absolute atomic E-state index is 0.00156. The van der Waals surface area contributed by atoms with E-state index in [-0.39, 0.29) is 11.0 Å². The second kappa shape index (κ2) is 4.80. The van der Waals surface area contributed by atoms with E-state index in [1.807, 2.05) is 0 Å². The van der Waals surface area contributed by atoms with Gasteiger partial charge in [0, 0.05) is 0 Å². The maximum Gasteiger partial charge on any atom is 0.516 e. The fourth-order valence-electron chi connectivity index (χ4n) is 1.20. The van der Waals surface area contributed by atoms with Gasteiger partial charge in [0.2, 0.25) is 0 Å². The Morgan fingerprint density at radius 1 is 1.31 bits per heavy atom. The molecule has 2 amide bonds. The lowest BCUT2D eigenvalue weighted by atomic mass is 10.2. The number of nitrogens with zero attached hydrogens (tertiary/aromatic N) is 1. The number of nitrogens with two attached hydrogens (primary N) is 2. The lowest BCUT2D eigenvalue weighted by Crippen LogP contribution is -2.62. The van der Waals surface area contributed by atoms with E-state index < -0.39 is 23.6 Å². The van der Waals surface area contributed by atoms with Crippen molar-refractivity contribution in [3.05, 3.63) is 0 Å². The molecule has 0 saturated carbocycles. The first kappa shape index (κ1) is 14.9.